The number of hydrogen-bond acceptors (Lipinski definition) is 3. The second-order valence-electron chi connectivity index (χ2n) is 7.14. The van der Waals surface area contributed by atoms with Crippen molar-refractivity contribution in [1.82, 2.24) is 19.6 Å². The van der Waals surface area contributed by atoms with Gasteiger partial charge in [0.05, 0.1) is 25.0 Å². The van der Waals surface area contributed by atoms with Crippen LogP contribution in [0, 0.1) is 6.92 Å². The van der Waals surface area contributed by atoms with Gasteiger partial charge >= 0.3 is 0 Å². The number of halogens is 2. The lowest BCUT2D eigenvalue weighted by molar-refractivity contribution is 0.687. The molecule has 2 heterocycles. The number of thiocarbonyl (C=S) groups is 1. The Labute approximate surface area is 195 Å². The molecule has 0 saturated heterocycles. The van der Waals surface area contributed by atoms with Gasteiger partial charge in [0.25, 0.3) is 0 Å². The van der Waals surface area contributed by atoms with Crippen molar-refractivity contribution in [3.8, 4) is 0 Å². The molecule has 0 atom stereocenters. The normalized spacial score (nSPS) is 10.8. The van der Waals surface area contributed by atoms with Gasteiger partial charge in [-0.25, -0.2) is 0 Å². The van der Waals surface area contributed by atoms with E-state index in [1.807, 2.05) is 35.1 Å². The summed E-state index contributed by atoms with van der Waals surface area (Å²) in [5.41, 5.74) is 4.26. The van der Waals surface area contributed by atoms with Crippen LogP contribution in [0.1, 0.15) is 16.7 Å². The first-order valence-electron chi connectivity index (χ1n) is 9.58. The van der Waals surface area contributed by atoms with Crippen molar-refractivity contribution in [3.05, 3.63) is 93.9 Å². The molecule has 31 heavy (non-hydrogen) atoms. The van der Waals surface area contributed by atoms with Crippen LogP contribution in [0.4, 0.5) is 11.5 Å². The number of aromatic nitrogens is 4. The highest BCUT2D eigenvalue weighted by atomic mass is 35.5. The highest BCUT2D eigenvalue weighted by Crippen LogP contribution is 2.21. The van der Waals surface area contributed by atoms with E-state index in [0.717, 1.165) is 11.3 Å². The van der Waals surface area contributed by atoms with Crippen LogP contribution in [0.15, 0.2) is 67.1 Å². The van der Waals surface area contributed by atoms with E-state index in [9.17, 15) is 0 Å². The molecule has 4 rings (SSSR count). The Hall–Kier alpha value is -2.87. The first-order valence-corrected chi connectivity index (χ1v) is 10.7. The molecule has 0 spiro atoms. The number of nitrogens with zero attached hydrogens (tertiary/aromatic N) is 4. The lowest BCUT2D eigenvalue weighted by Crippen LogP contribution is -2.19. The number of aryl methyl sites for hydroxylation is 1. The third kappa shape index (κ3) is 5.85. The quantitative estimate of drug-likeness (QED) is 0.359. The second-order valence-corrected chi connectivity index (χ2v) is 8.39. The Bertz CT molecular complexity index is 1180. The lowest BCUT2D eigenvalue weighted by Gasteiger charge is -2.07. The summed E-state index contributed by atoms with van der Waals surface area (Å²) >= 11 is 17.7. The van der Waals surface area contributed by atoms with E-state index in [1.165, 1.54) is 11.1 Å². The molecule has 158 valence electrons. The van der Waals surface area contributed by atoms with Gasteiger partial charge in [-0.05, 0) is 42.4 Å². The monoisotopic (exact) mass is 470 g/mol. The van der Waals surface area contributed by atoms with E-state index in [4.69, 9.17) is 35.4 Å². The van der Waals surface area contributed by atoms with Gasteiger partial charge in [-0.3, -0.25) is 9.36 Å². The Morgan fingerprint density at radius 1 is 0.903 bits per heavy atom. The molecule has 0 saturated carbocycles. The average molecular weight is 471 g/mol. The zero-order valence-corrected chi connectivity index (χ0v) is 19.0. The maximum Gasteiger partial charge on any atom is 0.176 e. The standard InChI is InChI=1S/C22H20Cl2N6S/c1-15-2-4-16(5-3-15)11-29-13-19(10-25-29)26-22(31)27-21-20(24)14-30(28-21)12-17-6-8-18(23)9-7-17/h2-10,13-14H,11-12H2,1H3,(H2,26,27,28,31). The Kier molecular flexibility index (Phi) is 6.56. The van der Waals surface area contributed by atoms with Gasteiger partial charge in [-0.2, -0.15) is 10.2 Å². The van der Waals surface area contributed by atoms with Gasteiger partial charge in [0, 0.05) is 17.4 Å². The van der Waals surface area contributed by atoms with E-state index < -0.39 is 0 Å². The van der Waals surface area contributed by atoms with Crippen LogP contribution in [0.5, 0.6) is 0 Å². The highest BCUT2D eigenvalue weighted by Gasteiger charge is 2.10. The van der Waals surface area contributed by atoms with Gasteiger partial charge in [0.15, 0.2) is 10.9 Å². The Balaban J connectivity index is 1.34. The smallest absolute Gasteiger partial charge is 0.176 e. The van der Waals surface area contributed by atoms with Crippen LogP contribution < -0.4 is 10.6 Å². The third-order valence-electron chi connectivity index (χ3n) is 4.56. The summed E-state index contributed by atoms with van der Waals surface area (Å²) in [7, 11) is 0. The number of anilines is 2. The fraction of sp³-hybridized carbons (Fsp3) is 0.136. The molecule has 0 bridgehead atoms. The van der Waals surface area contributed by atoms with Crippen molar-refractivity contribution in [2.24, 2.45) is 0 Å². The summed E-state index contributed by atoms with van der Waals surface area (Å²) in [5.74, 6) is 0.486. The molecule has 9 heteroatoms. The number of hydrogen-bond donors (Lipinski definition) is 2. The van der Waals surface area contributed by atoms with E-state index in [-0.39, 0.29) is 0 Å². The molecule has 0 aliphatic heterocycles. The van der Waals surface area contributed by atoms with E-state index in [1.54, 1.807) is 17.1 Å². The van der Waals surface area contributed by atoms with Crippen molar-refractivity contribution in [2.75, 3.05) is 10.6 Å². The topological polar surface area (TPSA) is 59.7 Å². The summed E-state index contributed by atoms with van der Waals surface area (Å²) in [6, 6.07) is 16.0. The number of rotatable bonds is 6. The summed E-state index contributed by atoms with van der Waals surface area (Å²) in [4.78, 5) is 0. The largest absolute Gasteiger partial charge is 0.330 e. The lowest BCUT2D eigenvalue weighted by atomic mass is 10.1. The minimum Gasteiger partial charge on any atom is -0.330 e. The third-order valence-corrected chi connectivity index (χ3v) is 5.30. The summed E-state index contributed by atoms with van der Waals surface area (Å²) < 4.78 is 3.60. The van der Waals surface area contributed by atoms with Gasteiger partial charge in [-0.15, -0.1) is 0 Å². The summed E-state index contributed by atoms with van der Waals surface area (Å²) in [6.45, 7) is 3.33. The fourth-order valence-electron chi connectivity index (χ4n) is 3.00. The zero-order valence-electron chi connectivity index (χ0n) is 16.7. The molecule has 0 radical (unpaired) electrons. The maximum absolute atomic E-state index is 6.32. The Morgan fingerprint density at radius 3 is 2.26 bits per heavy atom. The molecule has 4 aromatic rings. The molecular formula is C22H20Cl2N6S. The minimum absolute atomic E-state index is 0.383. The first kappa shape index (κ1) is 21.4. The van der Waals surface area contributed by atoms with Crippen molar-refractivity contribution in [3.63, 3.8) is 0 Å². The highest BCUT2D eigenvalue weighted by molar-refractivity contribution is 7.80. The molecule has 0 aliphatic rings. The predicted molar refractivity (Wildman–Crippen MR) is 130 cm³/mol. The molecule has 2 N–H and O–H groups in total. The molecule has 2 aromatic carbocycles. The van der Waals surface area contributed by atoms with Gasteiger partial charge in [0.1, 0.15) is 5.02 Å². The number of benzene rings is 2. The van der Waals surface area contributed by atoms with Crippen LogP contribution in [-0.2, 0) is 13.1 Å². The van der Waals surface area contributed by atoms with Crippen molar-refractivity contribution in [2.45, 2.75) is 20.0 Å². The molecule has 0 amide bonds. The maximum atomic E-state index is 6.32. The number of nitrogens with one attached hydrogen (secondary N) is 2. The van der Waals surface area contributed by atoms with Crippen LogP contribution in [0.2, 0.25) is 10.0 Å². The van der Waals surface area contributed by atoms with Gasteiger partial charge in [-0.1, -0.05) is 65.2 Å². The van der Waals surface area contributed by atoms with E-state index in [2.05, 4.69) is 52.0 Å². The molecule has 2 aromatic heterocycles. The van der Waals surface area contributed by atoms with Crippen molar-refractivity contribution >= 4 is 52.0 Å². The van der Waals surface area contributed by atoms with Gasteiger partial charge in [0.2, 0.25) is 0 Å². The van der Waals surface area contributed by atoms with Crippen LogP contribution in [-0.4, -0.2) is 24.7 Å². The summed E-state index contributed by atoms with van der Waals surface area (Å²) in [6.07, 6.45) is 5.37. The summed E-state index contributed by atoms with van der Waals surface area (Å²) in [5, 5.41) is 16.6. The average Bonchev–Trinajstić information content (AvgIpc) is 3.31. The minimum atomic E-state index is 0.383. The van der Waals surface area contributed by atoms with Crippen LogP contribution in [0.3, 0.4) is 0 Å². The first-order chi connectivity index (χ1) is 14.9. The SMILES string of the molecule is Cc1ccc(Cn2cc(NC(=S)Nc3nn(Cc4ccc(Cl)cc4)cc3Cl)cn2)cc1. The van der Waals surface area contributed by atoms with Crippen molar-refractivity contribution < 1.29 is 0 Å². The predicted octanol–water partition coefficient (Wildman–Crippen LogP) is 5.60. The zero-order chi connectivity index (χ0) is 21.8. The molecular weight excluding hydrogens is 451 g/mol. The Morgan fingerprint density at radius 2 is 1.55 bits per heavy atom. The molecule has 0 aliphatic carbocycles. The molecule has 6 nitrogen and oxygen atoms in total. The van der Waals surface area contributed by atoms with E-state index >= 15 is 0 Å². The van der Waals surface area contributed by atoms with Crippen molar-refractivity contribution in [1.29, 1.82) is 0 Å². The fourth-order valence-corrected chi connectivity index (χ4v) is 3.54. The molecule has 0 unspecified atom stereocenters. The van der Waals surface area contributed by atoms with Crippen LogP contribution in [0.25, 0.3) is 0 Å². The van der Waals surface area contributed by atoms with Crippen LogP contribution >= 0.6 is 35.4 Å². The second kappa shape index (κ2) is 9.51. The van der Waals surface area contributed by atoms with Gasteiger partial charge < -0.3 is 10.6 Å². The molecule has 0 fully saturated rings. The van der Waals surface area contributed by atoms with E-state index in [0.29, 0.717) is 34.1 Å².